The Hall–Kier alpha value is -4.20. The Labute approximate surface area is 207 Å². The fourth-order valence-corrected chi connectivity index (χ4v) is 5.15. The van der Waals surface area contributed by atoms with Crippen LogP contribution in [0.3, 0.4) is 0 Å². The van der Waals surface area contributed by atoms with Crippen molar-refractivity contribution in [2.75, 3.05) is 0 Å². The molecule has 2 aromatic carbocycles. The van der Waals surface area contributed by atoms with Crippen molar-refractivity contribution >= 4 is 11.2 Å². The summed E-state index contributed by atoms with van der Waals surface area (Å²) < 4.78 is 5.69. The first-order valence-electron chi connectivity index (χ1n) is 12.5. The van der Waals surface area contributed by atoms with Crippen LogP contribution in [-0.2, 0) is 32.5 Å². The number of aromatic amines is 1. The second kappa shape index (κ2) is 9.11. The van der Waals surface area contributed by atoms with Crippen LogP contribution >= 0.6 is 0 Å². The molecule has 0 atom stereocenters. The number of aromatic nitrogens is 6. The molecule has 8 nitrogen and oxygen atoms in total. The van der Waals surface area contributed by atoms with Crippen LogP contribution in [0.5, 0.6) is 0 Å². The minimum Gasteiger partial charge on any atom is -0.335 e. The average molecular weight is 481 g/mol. The van der Waals surface area contributed by atoms with Crippen molar-refractivity contribution in [2.45, 2.75) is 52.2 Å². The lowest BCUT2D eigenvalue weighted by Gasteiger charge is -2.11. The van der Waals surface area contributed by atoms with Crippen molar-refractivity contribution < 1.29 is 0 Å². The number of imidazole rings is 2. The summed E-state index contributed by atoms with van der Waals surface area (Å²) in [6.07, 6.45) is 5.90. The van der Waals surface area contributed by atoms with Gasteiger partial charge in [-0.05, 0) is 36.5 Å². The van der Waals surface area contributed by atoms with E-state index < -0.39 is 11.2 Å². The number of hydrogen-bond donors (Lipinski definition) is 1. The fourth-order valence-electron chi connectivity index (χ4n) is 5.15. The maximum absolute atomic E-state index is 13.0. The second-order valence-electron chi connectivity index (χ2n) is 9.33. The third kappa shape index (κ3) is 3.98. The molecule has 1 N–H and O–H groups in total. The largest absolute Gasteiger partial charge is 0.335 e. The van der Waals surface area contributed by atoms with Crippen LogP contribution in [-0.4, -0.2) is 28.7 Å². The van der Waals surface area contributed by atoms with Gasteiger partial charge in [0.25, 0.3) is 5.56 Å². The molecule has 5 aromatic rings. The number of H-pyrrole nitrogens is 1. The van der Waals surface area contributed by atoms with E-state index >= 15 is 0 Å². The molecule has 1 aliphatic heterocycles. The molecule has 0 bridgehead atoms. The molecule has 0 fully saturated rings. The van der Waals surface area contributed by atoms with Crippen LogP contribution in [0.1, 0.15) is 42.7 Å². The van der Waals surface area contributed by atoms with Crippen LogP contribution in [0.4, 0.5) is 0 Å². The first kappa shape index (κ1) is 22.3. The lowest BCUT2D eigenvalue weighted by Crippen LogP contribution is -2.30. The minimum absolute atomic E-state index is 0.413. The predicted molar refractivity (Wildman–Crippen MR) is 139 cm³/mol. The molecule has 36 heavy (non-hydrogen) atoms. The fraction of sp³-hybridized carbons (Fsp3) is 0.286. The highest BCUT2D eigenvalue weighted by atomic mass is 16.2. The van der Waals surface area contributed by atoms with E-state index in [2.05, 4.69) is 52.1 Å². The zero-order valence-corrected chi connectivity index (χ0v) is 20.3. The molecule has 0 saturated heterocycles. The van der Waals surface area contributed by atoms with Crippen molar-refractivity contribution in [1.29, 1.82) is 0 Å². The van der Waals surface area contributed by atoms with Crippen LogP contribution in [0, 0.1) is 0 Å². The number of fused-ring (bicyclic) bond motifs is 2. The van der Waals surface area contributed by atoms with Crippen molar-refractivity contribution in [3.8, 4) is 11.1 Å². The number of aryl methyl sites for hydroxylation is 3. The Morgan fingerprint density at radius 1 is 0.917 bits per heavy atom. The average Bonchev–Trinajstić information content (AvgIpc) is 3.46. The SMILES string of the molecule is CCn1c(=O)[nH]c(=O)c2c1nc(Cc1cn3c(n1)CCCC3)n2Cc1ccc(-c2ccccc2)cc1. The van der Waals surface area contributed by atoms with Crippen LogP contribution < -0.4 is 11.2 Å². The van der Waals surface area contributed by atoms with E-state index in [0.717, 1.165) is 53.4 Å². The van der Waals surface area contributed by atoms with E-state index in [4.69, 9.17) is 9.97 Å². The molecule has 1 aliphatic rings. The molecule has 0 amide bonds. The highest BCUT2D eigenvalue weighted by Gasteiger charge is 2.20. The van der Waals surface area contributed by atoms with Gasteiger partial charge in [0.15, 0.2) is 11.2 Å². The zero-order valence-electron chi connectivity index (χ0n) is 20.3. The normalized spacial score (nSPS) is 13.2. The van der Waals surface area contributed by atoms with Gasteiger partial charge in [-0.1, -0.05) is 54.6 Å². The quantitative estimate of drug-likeness (QED) is 0.401. The first-order valence-corrected chi connectivity index (χ1v) is 12.5. The van der Waals surface area contributed by atoms with E-state index in [1.165, 1.54) is 11.0 Å². The molecule has 6 rings (SSSR count). The van der Waals surface area contributed by atoms with Crippen LogP contribution in [0.2, 0.25) is 0 Å². The van der Waals surface area contributed by atoms with Gasteiger partial charge < -0.3 is 9.13 Å². The first-order chi connectivity index (χ1) is 17.6. The molecule has 3 aromatic heterocycles. The summed E-state index contributed by atoms with van der Waals surface area (Å²) in [7, 11) is 0. The van der Waals surface area contributed by atoms with E-state index in [0.29, 0.717) is 30.7 Å². The van der Waals surface area contributed by atoms with Crippen LogP contribution in [0.25, 0.3) is 22.3 Å². The molecule has 4 heterocycles. The zero-order chi connectivity index (χ0) is 24.6. The van der Waals surface area contributed by atoms with Gasteiger partial charge in [0, 0.05) is 38.7 Å². The number of rotatable bonds is 6. The van der Waals surface area contributed by atoms with Gasteiger partial charge in [0.1, 0.15) is 11.6 Å². The van der Waals surface area contributed by atoms with Gasteiger partial charge in [0.05, 0.1) is 5.69 Å². The lowest BCUT2D eigenvalue weighted by molar-refractivity contribution is 0.522. The third-order valence-corrected chi connectivity index (χ3v) is 6.98. The molecule has 0 radical (unpaired) electrons. The van der Waals surface area contributed by atoms with Crippen molar-refractivity contribution in [1.82, 2.24) is 28.7 Å². The summed E-state index contributed by atoms with van der Waals surface area (Å²) in [5.41, 5.74) is 4.27. The molecule has 182 valence electrons. The molecule has 0 spiro atoms. The Kier molecular flexibility index (Phi) is 5.64. The maximum Gasteiger partial charge on any atom is 0.330 e. The number of hydrogen-bond acceptors (Lipinski definition) is 4. The number of nitrogens with one attached hydrogen (secondary N) is 1. The Bertz CT molecular complexity index is 1630. The Balaban J connectivity index is 1.43. The monoisotopic (exact) mass is 480 g/mol. The van der Waals surface area contributed by atoms with Gasteiger partial charge in [-0.15, -0.1) is 0 Å². The van der Waals surface area contributed by atoms with Crippen molar-refractivity contribution in [3.05, 3.63) is 105 Å². The summed E-state index contributed by atoms with van der Waals surface area (Å²) in [5.74, 6) is 1.84. The maximum atomic E-state index is 13.0. The lowest BCUT2D eigenvalue weighted by atomic mass is 10.0. The van der Waals surface area contributed by atoms with Gasteiger partial charge >= 0.3 is 5.69 Å². The number of benzene rings is 2. The summed E-state index contributed by atoms with van der Waals surface area (Å²) >= 11 is 0. The second-order valence-corrected chi connectivity index (χ2v) is 9.33. The molecule has 0 unspecified atom stereocenters. The highest BCUT2D eigenvalue weighted by molar-refractivity contribution is 5.71. The van der Waals surface area contributed by atoms with Gasteiger partial charge in [-0.2, -0.15) is 0 Å². The van der Waals surface area contributed by atoms with Crippen LogP contribution in [0.15, 0.2) is 70.4 Å². The van der Waals surface area contributed by atoms with Gasteiger partial charge in [-0.3, -0.25) is 14.3 Å². The Morgan fingerprint density at radius 3 is 2.44 bits per heavy atom. The molecule has 0 aliphatic carbocycles. The number of nitrogens with zero attached hydrogens (tertiary/aromatic N) is 5. The topological polar surface area (TPSA) is 90.5 Å². The molecular weight excluding hydrogens is 452 g/mol. The summed E-state index contributed by atoms with van der Waals surface area (Å²) in [4.78, 5) is 37.6. The van der Waals surface area contributed by atoms with Crippen molar-refractivity contribution in [3.63, 3.8) is 0 Å². The van der Waals surface area contributed by atoms with Gasteiger partial charge in [-0.25, -0.2) is 14.8 Å². The van der Waals surface area contributed by atoms with E-state index in [-0.39, 0.29) is 0 Å². The summed E-state index contributed by atoms with van der Waals surface area (Å²) in [5, 5.41) is 0. The highest BCUT2D eigenvalue weighted by Crippen LogP contribution is 2.22. The molecule has 8 heteroatoms. The summed E-state index contributed by atoms with van der Waals surface area (Å²) in [6.45, 7) is 3.76. The molecular formula is C28H28N6O2. The minimum atomic E-state index is -0.434. The van der Waals surface area contributed by atoms with E-state index in [9.17, 15) is 9.59 Å². The summed E-state index contributed by atoms with van der Waals surface area (Å²) in [6, 6.07) is 18.6. The Morgan fingerprint density at radius 2 is 1.69 bits per heavy atom. The smallest absolute Gasteiger partial charge is 0.330 e. The predicted octanol–water partition coefficient (Wildman–Crippen LogP) is 3.75. The van der Waals surface area contributed by atoms with E-state index in [1.807, 2.05) is 29.7 Å². The third-order valence-electron chi connectivity index (χ3n) is 6.98. The van der Waals surface area contributed by atoms with Crippen molar-refractivity contribution in [2.24, 2.45) is 0 Å². The van der Waals surface area contributed by atoms with Gasteiger partial charge in [0.2, 0.25) is 0 Å². The standard InChI is InChI=1S/C28H28N6O2/c1-2-33-26-25(27(35)31-28(33)36)34(17-19-11-13-21(14-12-19)20-8-4-3-5-9-20)24(30-26)16-22-18-32-15-7-6-10-23(32)29-22/h3-5,8-9,11-14,18H,2,6-7,10,15-17H2,1H3,(H,31,35,36). The van der Waals surface area contributed by atoms with E-state index in [1.54, 1.807) is 0 Å². The molecule has 0 saturated carbocycles.